The Hall–Kier alpha value is -0.540. The molecule has 2 rings (SSSR count). The second-order valence-electron chi connectivity index (χ2n) is 3.33. The van der Waals surface area contributed by atoms with Crippen molar-refractivity contribution >= 4 is 21.6 Å². The summed E-state index contributed by atoms with van der Waals surface area (Å²) in [7, 11) is 0. The highest BCUT2D eigenvalue weighted by Gasteiger charge is 2.17. The van der Waals surface area contributed by atoms with Crippen molar-refractivity contribution in [2.24, 2.45) is 0 Å². The van der Waals surface area contributed by atoms with E-state index in [4.69, 9.17) is 5.11 Å². The Balaban J connectivity index is 2.31. The lowest BCUT2D eigenvalue weighted by Gasteiger charge is -2.26. The second-order valence-corrected chi connectivity index (χ2v) is 4.18. The summed E-state index contributed by atoms with van der Waals surface area (Å²) in [6, 6.07) is 6.35. The number of halogens is 1. The van der Waals surface area contributed by atoms with Crippen molar-refractivity contribution in [2.75, 3.05) is 11.9 Å². The first-order valence-corrected chi connectivity index (χ1v) is 5.25. The summed E-state index contributed by atoms with van der Waals surface area (Å²) in [5, 5.41) is 12.3. The van der Waals surface area contributed by atoms with E-state index in [0.29, 0.717) is 0 Å². The molecular formula is C10H12BrNO. The SMILES string of the molecule is OC[C@H]1CCc2c(Br)cccc2N1. The number of hydrogen-bond acceptors (Lipinski definition) is 2. The van der Waals surface area contributed by atoms with Crippen LogP contribution in [0, 0.1) is 0 Å². The molecular weight excluding hydrogens is 230 g/mol. The fraction of sp³-hybridized carbons (Fsp3) is 0.400. The number of nitrogens with one attached hydrogen (secondary N) is 1. The van der Waals surface area contributed by atoms with Crippen LogP contribution in [0.5, 0.6) is 0 Å². The predicted octanol–water partition coefficient (Wildman–Crippen LogP) is 2.17. The van der Waals surface area contributed by atoms with E-state index in [0.717, 1.165) is 23.0 Å². The molecule has 0 bridgehead atoms. The van der Waals surface area contributed by atoms with Gasteiger partial charge in [0.05, 0.1) is 6.61 Å². The summed E-state index contributed by atoms with van der Waals surface area (Å²) in [4.78, 5) is 0. The Morgan fingerprint density at radius 3 is 3.15 bits per heavy atom. The van der Waals surface area contributed by atoms with E-state index in [1.54, 1.807) is 0 Å². The molecule has 0 aliphatic carbocycles. The minimum absolute atomic E-state index is 0.214. The average Bonchev–Trinajstić information content (AvgIpc) is 2.18. The molecule has 2 nitrogen and oxygen atoms in total. The van der Waals surface area contributed by atoms with Gasteiger partial charge in [-0.05, 0) is 30.5 Å². The third kappa shape index (κ3) is 1.71. The van der Waals surface area contributed by atoms with Gasteiger partial charge in [0.2, 0.25) is 0 Å². The van der Waals surface area contributed by atoms with E-state index in [2.05, 4.69) is 33.4 Å². The first kappa shape index (κ1) is 9.03. The molecule has 1 heterocycles. The van der Waals surface area contributed by atoms with Crippen LogP contribution in [0.3, 0.4) is 0 Å². The number of hydrogen-bond donors (Lipinski definition) is 2. The molecule has 0 fully saturated rings. The Morgan fingerprint density at radius 2 is 2.38 bits per heavy atom. The maximum Gasteiger partial charge on any atom is 0.0632 e. The van der Waals surface area contributed by atoms with Crippen molar-refractivity contribution in [3.63, 3.8) is 0 Å². The highest BCUT2D eigenvalue weighted by Crippen LogP contribution is 2.30. The van der Waals surface area contributed by atoms with Crippen LogP contribution in [0.15, 0.2) is 22.7 Å². The van der Waals surface area contributed by atoms with Crippen LogP contribution < -0.4 is 5.32 Å². The molecule has 0 saturated heterocycles. The van der Waals surface area contributed by atoms with Gasteiger partial charge in [0.1, 0.15) is 0 Å². The average molecular weight is 242 g/mol. The number of benzene rings is 1. The molecule has 0 radical (unpaired) electrons. The molecule has 70 valence electrons. The van der Waals surface area contributed by atoms with E-state index < -0.39 is 0 Å². The molecule has 1 aromatic carbocycles. The van der Waals surface area contributed by atoms with E-state index >= 15 is 0 Å². The molecule has 13 heavy (non-hydrogen) atoms. The van der Waals surface area contributed by atoms with Gasteiger partial charge in [-0.15, -0.1) is 0 Å². The lowest BCUT2D eigenvalue weighted by molar-refractivity contribution is 0.267. The lowest BCUT2D eigenvalue weighted by atomic mass is 9.99. The monoisotopic (exact) mass is 241 g/mol. The Kier molecular flexibility index (Phi) is 2.56. The maximum atomic E-state index is 9.01. The van der Waals surface area contributed by atoms with E-state index in [-0.39, 0.29) is 12.6 Å². The van der Waals surface area contributed by atoms with Gasteiger partial charge in [0, 0.05) is 16.2 Å². The zero-order chi connectivity index (χ0) is 9.26. The summed E-state index contributed by atoms with van der Waals surface area (Å²) in [5.41, 5.74) is 2.48. The molecule has 3 heteroatoms. The fourth-order valence-corrected chi connectivity index (χ4v) is 2.26. The van der Waals surface area contributed by atoms with Crippen molar-refractivity contribution in [1.82, 2.24) is 0 Å². The molecule has 0 aromatic heterocycles. The third-order valence-electron chi connectivity index (χ3n) is 2.44. The molecule has 0 amide bonds. The van der Waals surface area contributed by atoms with Crippen LogP contribution in [-0.2, 0) is 6.42 Å². The highest BCUT2D eigenvalue weighted by atomic mass is 79.9. The van der Waals surface area contributed by atoms with Crippen LogP contribution in [0.1, 0.15) is 12.0 Å². The van der Waals surface area contributed by atoms with Crippen molar-refractivity contribution < 1.29 is 5.11 Å². The number of aliphatic hydroxyl groups excluding tert-OH is 1. The largest absolute Gasteiger partial charge is 0.394 e. The van der Waals surface area contributed by atoms with Crippen molar-refractivity contribution in [3.8, 4) is 0 Å². The van der Waals surface area contributed by atoms with Gasteiger partial charge in [-0.25, -0.2) is 0 Å². The number of aliphatic hydroxyl groups is 1. The first-order chi connectivity index (χ1) is 6.31. The number of fused-ring (bicyclic) bond motifs is 1. The van der Waals surface area contributed by atoms with Crippen molar-refractivity contribution in [1.29, 1.82) is 0 Å². The Morgan fingerprint density at radius 1 is 1.54 bits per heavy atom. The minimum atomic E-state index is 0.214. The number of anilines is 1. The molecule has 1 aliphatic heterocycles. The van der Waals surface area contributed by atoms with Crippen molar-refractivity contribution in [2.45, 2.75) is 18.9 Å². The first-order valence-electron chi connectivity index (χ1n) is 4.46. The normalized spacial score (nSPS) is 20.6. The molecule has 2 N–H and O–H groups in total. The van der Waals surface area contributed by atoms with Gasteiger partial charge in [-0.2, -0.15) is 0 Å². The van der Waals surface area contributed by atoms with E-state index in [1.165, 1.54) is 5.56 Å². The molecule has 0 unspecified atom stereocenters. The quantitative estimate of drug-likeness (QED) is 0.790. The summed E-state index contributed by atoms with van der Waals surface area (Å²) < 4.78 is 1.16. The van der Waals surface area contributed by atoms with Crippen LogP contribution in [0.2, 0.25) is 0 Å². The fourth-order valence-electron chi connectivity index (χ4n) is 1.70. The molecule has 0 spiro atoms. The van der Waals surface area contributed by atoms with Crippen molar-refractivity contribution in [3.05, 3.63) is 28.2 Å². The van der Waals surface area contributed by atoms with Gasteiger partial charge >= 0.3 is 0 Å². The molecule has 0 saturated carbocycles. The van der Waals surface area contributed by atoms with Gasteiger partial charge in [0.25, 0.3) is 0 Å². The molecule has 1 atom stereocenters. The summed E-state index contributed by atoms with van der Waals surface area (Å²) >= 11 is 3.52. The summed E-state index contributed by atoms with van der Waals surface area (Å²) in [6.45, 7) is 0.214. The standard InChI is InChI=1S/C10H12BrNO/c11-9-2-1-3-10-8(9)5-4-7(6-13)12-10/h1-3,7,12-13H,4-6H2/t7-/m1/s1. The van der Waals surface area contributed by atoms with E-state index in [9.17, 15) is 0 Å². The van der Waals surface area contributed by atoms with Crippen LogP contribution >= 0.6 is 15.9 Å². The van der Waals surface area contributed by atoms with Gasteiger partial charge < -0.3 is 10.4 Å². The van der Waals surface area contributed by atoms with Crippen LogP contribution in [0.4, 0.5) is 5.69 Å². The van der Waals surface area contributed by atoms with Gasteiger partial charge in [0.15, 0.2) is 0 Å². The van der Waals surface area contributed by atoms with Gasteiger partial charge in [-0.3, -0.25) is 0 Å². The molecule has 1 aromatic rings. The Labute approximate surface area is 86.1 Å². The Bertz CT molecular complexity index is 314. The highest BCUT2D eigenvalue weighted by molar-refractivity contribution is 9.10. The summed E-state index contributed by atoms with van der Waals surface area (Å²) in [5.74, 6) is 0. The topological polar surface area (TPSA) is 32.3 Å². The minimum Gasteiger partial charge on any atom is -0.394 e. The zero-order valence-corrected chi connectivity index (χ0v) is 8.84. The van der Waals surface area contributed by atoms with Crippen LogP contribution in [0.25, 0.3) is 0 Å². The predicted molar refractivity (Wildman–Crippen MR) is 57.0 cm³/mol. The summed E-state index contributed by atoms with van der Waals surface area (Å²) in [6.07, 6.45) is 2.04. The van der Waals surface area contributed by atoms with Gasteiger partial charge in [-0.1, -0.05) is 22.0 Å². The number of rotatable bonds is 1. The third-order valence-corrected chi connectivity index (χ3v) is 3.18. The lowest BCUT2D eigenvalue weighted by Crippen LogP contribution is -2.28. The zero-order valence-electron chi connectivity index (χ0n) is 7.26. The molecule has 1 aliphatic rings. The second kappa shape index (κ2) is 3.68. The van der Waals surface area contributed by atoms with Crippen LogP contribution in [-0.4, -0.2) is 17.8 Å². The van der Waals surface area contributed by atoms with E-state index in [1.807, 2.05) is 6.07 Å². The maximum absolute atomic E-state index is 9.01. The smallest absolute Gasteiger partial charge is 0.0632 e.